The zero-order valence-electron chi connectivity index (χ0n) is 11.5. The highest BCUT2D eigenvalue weighted by Crippen LogP contribution is 2.25. The summed E-state index contributed by atoms with van der Waals surface area (Å²) in [7, 11) is 0. The van der Waals surface area contributed by atoms with Crippen LogP contribution in [0.3, 0.4) is 0 Å². The lowest BCUT2D eigenvalue weighted by atomic mass is 9.96. The zero-order chi connectivity index (χ0) is 14.5. The van der Waals surface area contributed by atoms with Crippen LogP contribution in [-0.4, -0.2) is 23.9 Å². The summed E-state index contributed by atoms with van der Waals surface area (Å²) in [6.45, 7) is 3.53. The fraction of sp³-hybridized carbons (Fsp3) is 0.500. The van der Waals surface area contributed by atoms with Crippen LogP contribution in [0.15, 0.2) is 18.2 Å². The van der Waals surface area contributed by atoms with Gasteiger partial charge < -0.3 is 10.6 Å². The van der Waals surface area contributed by atoms with Gasteiger partial charge in [0.25, 0.3) is 5.69 Å². The number of hydrogen-bond donors (Lipinski definition) is 2. The van der Waals surface area contributed by atoms with E-state index >= 15 is 0 Å². The molecule has 0 radical (unpaired) electrons. The predicted molar refractivity (Wildman–Crippen MR) is 76.7 cm³/mol. The highest BCUT2D eigenvalue weighted by molar-refractivity contribution is 5.92. The second-order valence-electron chi connectivity index (χ2n) is 5.17. The molecule has 0 aliphatic carbocycles. The molecule has 1 aromatic rings. The number of nitrogens with one attached hydrogen (secondary N) is 2. The summed E-state index contributed by atoms with van der Waals surface area (Å²) in [6.07, 6.45) is 2.59. The van der Waals surface area contributed by atoms with Crippen molar-refractivity contribution in [2.75, 3.05) is 18.4 Å². The first-order valence-electron chi connectivity index (χ1n) is 6.82. The average Bonchev–Trinajstić information content (AvgIpc) is 2.42. The zero-order valence-corrected chi connectivity index (χ0v) is 11.5. The standard InChI is InChI=1S/C14H19N3O3/c1-10-12(5-2-6-13(10)17(19)20)16-14(18)8-11-4-3-7-15-9-11/h2,5-6,11,15H,3-4,7-9H2,1H3,(H,16,18). The van der Waals surface area contributed by atoms with E-state index in [-0.39, 0.29) is 11.6 Å². The van der Waals surface area contributed by atoms with E-state index in [0.29, 0.717) is 23.6 Å². The van der Waals surface area contributed by atoms with Crippen LogP contribution in [0.5, 0.6) is 0 Å². The van der Waals surface area contributed by atoms with Gasteiger partial charge in [-0.3, -0.25) is 14.9 Å². The SMILES string of the molecule is Cc1c(NC(=O)CC2CCCNC2)cccc1[N+](=O)[O-]. The molecule has 1 saturated heterocycles. The predicted octanol–water partition coefficient (Wildman–Crippen LogP) is 2.23. The molecule has 1 aromatic carbocycles. The maximum atomic E-state index is 12.0. The molecule has 6 nitrogen and oxygen atoms in total. The Kier molecular flexibility index (Phi) is 4.68. The Morgan fingerprint density at radius 1 is 1.55 bits per heavy atom. The number of hydrogen-bond acceptors (Lipinski definition) is 4. The van der Waals surface area contributed by atoms with Crippen LogP contribution in [0, 0.1) is 23.0 Å². The Hall–Kier alpha value is -1.95. The molecule has 1 aliphatic heterocycles. The van der Waals surface area contributed by atoms with Crippen LogP contribution in [0.1, 0.15) is 24.8 Å². The van der Waals surface area contributed by atoms with Crippen LogP contribution in [0.4, 0.5) is 11.4 Å². The number of nitro benzene ring substituents is 1. The van der Waals surface area contributed by atoms with E-state index in [9.17, 15) is 14.9 Å². The van der Waals surface area contributed by atoms with Crippen molar-refractivity contribution in [3.8, 4) is 0 Å². The van der Waals surface area contributed by atoms with Crippen LogP contribution < -0.4 is 10.6 Å². The lowest BCUT2D eigenvalue weighted by Gasteiger charge is -2.22. The van der Waals surface area contributed by atoms with Crippen molar-refractivity contribution in [2.45, 2.75) is 26.2 Å². The van der Waals surface area contributed by atoms with E-state index in [1.54, 1.807) is 19.1 Å². The smallest absolute Gasteiger partial charge is 0.274 e. The molecule has 0 spiro atoms. The molecule has 1 aliphatic rings. The van der Waals surface area contributed by atoms with E-state index in [0.717, 1.165) is 25.9 Å². The molecular formula is C14H19N3O3. The van der Waals surface area contributed by atoms with Gasteiger partial charge in [0.1, 0.15) is 0 Å². The normalized spacial score (nSPS) is 18.6. The van der Waals surface area contributed by atoms with E-state index in [2.05, 4.69) is 10.6 Å². The quantitative estimate of drug-likeness (QED) is 0.653. The molecule has 108 valence electrons. The number of carbonyl (C=O) groups is 1. The lowest BCUT2D eigenvalue weighted by Crippen LogP contribution is -2.32. The summed E-state index contributed by atoms with van der Waals surface area (Å²) in [6, 6.07) is 4.72. The second-order valence-corrected chi connectivity index (χ2v) is 5.17. The summed E-state index contributed by atoms with van der Waals surface area (Å²) in [5.41, 5.74) is 1.04. The van der Waals surface area contributed by atoms with Gasteiger partial charge in [0.2, 0.25) is 5.91 Å². The van der Waals surface area contributed by atoms with E-state index < -0.39 is 4.92 Å². The van der Waals surface area contributed by atoms with Crippen LogP contribution in [0.25, 0.3) is 0 Å². The molecule has 6 heteroatoms. The fourth-order valence-electron chi connectivity index (χ4n) is 2.52. The van der Waals surface area contributed by atoms with Gasteiger partial charge in [-0.05, 0) is 44.8 Å². The summed E-state index contributed by atoms with van der Waals surface area (Å²) < 4.78 is 0. The topological polar surface area (TPSA) is 84.3 Å². The Balaban J connectivity index is 2.00. The number of benzene rings is 1. The van der Waals surface area contributed by atoms with Gasteiger partial charge in [0.05, 0.1) is 16.2 Å². The third-order valence-corrected chi connectivity index (χ3v) is 3.65. The molecule has 2 rings (SSSR count). The fourth-order valence-corrected chi connectivity index (χ4v) is 2.52. The molecule has 20 heavy (non-hydrogen) atoms. The largest absolute Gasteiger partial charge is 0.326 e. The maximum absolute atomic E-state index is 12.0. The third-order valence-electron chi connectivity index (χ3n) is 3.65. The van der Waals surface area contributed by atoms with Gasteiger partial charge >= 0.3 is 0 Å². The minimum atomic E-state index is -0.434. The number of rotatable bonds is 4. The number of anilines is 1. The van der Waals surface area contributed by atoms with Crippen molar-refractivity contribution in [1.82, 2.24) is 5.32 Å². The molecule has 2 N–H and O–H groups in total. The number of amides is 1. The van der Waals surface area contributed by atoms with Crippen molar-refractivity contribution in [2.24, 2.45) is 5.92 Å². The molecule has 1 fully saturated rings. The molecule has 0 aromatic heterocycles. The van der Waals surface area contributed by atoms with Gasteiger partial charge in [-0.15, -0.1) is 0 Å². The van der Waals surface area contributed by atoms with Crippen LogP contribution >= 0.6 is 0 Å². The van der Waals surface area contributed by atoms with E-state index in [4.69, 9.17) is 0 Å². The first-order chi connectivity index (χ1) is 9.58. The Morgan fingerprint density at radius 3 is 3.00 bits per heavy atom. The highest BCUT2D eigenvalue weighted by atomic mass is 16.6. The van der Waals surface area contributed by atoms with Crippen LogP contribution in [0.2, 0.25) is 0 Å². The van der Waals surface area contributed by atoms with Crippen LogP contribution in [-0.2, 0) is 4.79 Å². The summed E-state index contributed by atoms with van der Waals surface area (Å²) in [5.74, 6) is 0.269. The van der Waals surface area contributed by atoms with Gasteiger partial charge in [-0.2, -0.15) is 0 Å². The van der Waals surface area contributed by atoms with Gasteiger partial charge in [0, 0.05) is 12.5 Å². The number of piperidine rings is 1. The number of nitrogens with zero attached hydrogens (tertiary/aromatic N) is 1. The molecule has 0 bridgehead atoms. The summed E-state index contributed by atoms with van der Waals surface area (Å²) >= 11 is 0. The average molecular weight is 277 g/mol. The summed E-state index contributed by atoms with van der Waals surface area (Å²) in [5, 5.41) is 16.9. The van der Waals surface area contributed by atoms with Crippen molar-refractivity contribution in [1.29, 1.82) is 0 Å². The Morgan fingerprint density at radius 2 is 2.35 bits per heavy atom. The highest BCUT2D eigenvalue weighted by Gasteiger charge is 2.19. The minimum absolute atomic E-state index is 0.0298. The van der Waals surface area contributed by atoms with Crippen molar-refractivity contribution in [3.63, 3.8) is 0 Å². The molecule has 1 atom stereocenters. The van der Waals surface area contributed by atoms with Crippen molar-refractivity contribution in [3.05, 3.63) is 33.9 Å². The molecule has 0 saturated carbocycles. The van der Waals surface area contributed by atoms with Gasteiger partial charge in [-0.1, -0.05) is 6.07 Å². The number of carbonyl (C=O) groups excluding carboxylic acids is 1. The van der Waals surface area contributed by atoms with E-state index in [1.807, 2.05) is 0 Å². The van der Waals surface area contributed by atoms with Crippen molar-refractivity contribution < 1.29 is 9.72 Å². The minimum Gasteiger partial charge on any atom is -0.326 e. The molecule has 1 amide bonds. The van der Waals surface area contributed by atoms with E-state index in [1.165, 1.54) is 6.07 Å². The Bertz CT molecular complexity index is 510. The number of nitro groups is 1. The molecule has 1 heterocycles. The summed E-state index contributed by atoms with van der Waals surface area (Å²) in [4.78, 5) is 22.4. The second kappa shape index (κ2) is 6.47. The molecule has 1 unspecified atom stereocenters. The first kappa shape index (κ1) is 14.5. The third kappa shape index (κ3) is 3.54. The van der Waals surface area contributed by atoms with Crippen molar-refractivity contribution >= 4 is 17.3 Å². The maximum Gasteiger partial charge on any atom is 0.274 e. The van der Waals surface area contributed by atoms with Gasteiger partial charge in [0.15, 0.2) is 0 Å². The Labute approximate surface area is 117 Å². The first-order valence-corrected chi connectivity index (χ1v) is 6.82. The van der Waals surface area contributed by atoms with Gasteiger partial charge in [-0.25, -0.2) is 0 Å². The lowest BCUT2D eigenvalue weighted by molar-refractivity contribution is -0.385. The monoisotopic (exact) mass is 277 g/mol. The molecular weight excluding hydrogens is 258 g/mol.